The standard InChI is InChI=1S/C16H28N4O3/c1-12(2)20-13(17-11-18-20)9-22-16(6)7-8-19(10-16)14(21)23-15(3,4)5/h11-12H,7-10H2,1-6H3. The summed E-state index contributed by atoms with van der Waals surface area (Å²) < 4.78 is 13.3. The Bertz CT molecular complexity index is 550. The van der Waals surface area contributed by atoms with Crippen LogP contribution in [0.25, 0.3) is 0 Å². The maximum absolute atomic E-state index is 12.1. The molecule has 1 fully saturated rings. The van der Waals surface area contributed by atoms with E-state index in [1.54, 1.807) is 11.2 Å². The monoisotopic (exact) mass is 324 g/mol. The first-order chi connectivity index (χ1) is 10.6. The number of carbonyl (C=O) groups excluding carboxylic acids is 1. The van der Waals surface area contributed by atoms with Gasteiger partial charge in [0.25, 0.3) is 0 Å². The second-order valence-corrected chi connectivity index (χ2v) is 7.61. The molecule has 23 heavy (non-hydrogen) atoms. The van der Waals surface area contributed by atoms with Crippen LogP contribution in [0.2, 0.25) is 0 Å². The van der Waals surface area contributed by atoms with Gasteiger partial charge in [0.05, 0.1) is 12.1 Å². The summed E-state index contributed by atoms with van der Waals surface area (Å²) in [7, 11) is 0. The predicted octanol–water partition coefficient (Wildman–Crippen LogP) is 2.78. The fourth-order valence-corrected chi connectivity index (χ4v) is 2.58. The molecule has 7 nitrogen and oxygen atoms in total. The van der Waals surface area contributed by atoms with E-state index in [-0.39, 0.29) is 17.7 Å². The summed E-state index contributed by atoms with van der Waals surface area (Å²) in [5.74, 6) is 0.803. The highest BCUT2D eigenvalue weighted by Gasteiger charge is 2.38. The van der Waals surface area contributed by atoms with Crippen LogP contribution in [-0.2, 0) is 16.1 Å². The normalized spacial score (nSPS) is 22.0. The minimum atomic E-state index is -0.482. The van der Waals surface area contributed by atoms with Gasteiger partial charge in [-0.05, 0) is 48.0 Å². The third kappa shape index (κ3) is 4.67. The first-order valence-electron chi connectivity index (χ1n) is 8.10. The molecule has 1 aliphatic rings. The van der Waals surface area contributed by atoms with Crippen LogP contribution >= 0.6 is 0 Å². The molecule has 2 rings (SSSR count). The average molecular weight is 324 g/mol. The Morgan fingerprint density at radius 1 is 1.43 bits per heavy atom. The van der Waals surface area contributed by atoms with E-state index in [1.165, 1.54) is 0 Å². The van der Waals surface area contributed by atoms with Crippen LogP contribution in [0.5, 0.6) is 0 Å². The van der Waals surface area contributed by atoms with E-state index in [2.05, 4.69) is 23.9 Å². The van der Waals surface area contributed by atoms with E-state index >= 15 is 0 Å². The molecule has 1 saturated heterocycles. The van der Waals surface area contributed by atoms with E-state index in [4.69, 9.17) is 9.47 Å². The lowest BCUT2D eigenvalue weighted by Crippen LogP contribution is -2.39. The highest BCUT2D eigenvalue weighted by atomic mass is 16.6. The molecule has 0 spiro atoms. The number of nitrogens with zero attached hydrogens (tertiary/aromatic N) is 4. The molecule has 0 aromatic carbocycles. The SMILES string of the molecule is CC(C)n1ncnc1COC1(C)CCN(C(=O)OC(C)(C)C)C1. The van der Waals surface area contributed by atoms with Gasteiger partial charge in [0.15, 0.2) is 5.82 Å². The van der Waals surface area contributed by atoms with Gasteiger partial charge in [-0.3, -0.25) is 0 Å². The van der Waals surface area contributed by atoms with Crippen LogP contribution in [0.15, 0.2) is 6.33 Å². The summed E-state index contributed by atoms with van der Waals surface area (Å²) in [6.45, 7) is 13.3. The summed E-state index contributed by atoms with van der Waals surface area (Å²) in [4.78, 5) is 18.1. The summed E-state index contributed by atoms with van der Waals surface area (Å²) in [6, 6.07) is 0.241. The smallest absolute Gasteiger partial charge is 0.410 e. The first-order valence-corrected chi connectivity index (χ1v) is 8.10. The number of likely N-dealkylation sites (tertiary alicyclic amines) is 1. The lowest BCUT2D eigenvalue weighted by molar-refractivity contribution is -0.0414. The van der Waals surface area contributed by atoms with Crippen LogP contribution in [0, 0.1) is 0 Å². The van der Waals surface area contributed by atoms with Crippen molar-refractivity contribution in [3.8, 4) is 0 Å². The molecule has 7 heteroatoms. The third-order valence-corrected chi connectivity index (χ3v) is 3.77. The Labute approximate surface area is 138 Å². The number of ether oxygens (including phenoxy) is 2. The molecular weight excluding hydrogens is 296 g/mol. The van der Waals surface area contributed by atoms with Crippen molar-refractivity contribution < 1.29 is 14.3 Å². The van der Waals surface area contributed by atoms with Gasteiger partial charge in [-0.1, -0.05) is 0 Å². The van der Waals surface area contributed by atoms with Crippen LogP contribution in [0.4, 0.5) is 4.79 Å². The van der Waals surface area contributed by atoms with Gasteiger partial charge in [0, 0.05) is 12.6 Å². The highest BCUT2D eigenvalue weighted by Crippen LogP contribution is 2.27. The zero-order valence-electron chi connectivity index (χ0n) is 15.0. The van der Waals surface area contributed by atoms with Crippen molar-refractivity contribution in [2.75, 3.05) is 13.1 Å². The molecule has 130 valence electrons. The Morgan fingerprint density at radius 2 is 2.13 bits per heavy atom. The molecule has 1 aliphatic heterocycles. The highest BCUT2D eigenvalue weighted by molar-refractivity contribution is 5.68. The molecule has 0 radical (unpaired) electrons. The molecule has 0 bridgehead atoms. The Hall–Kier alpha value is -1.63. The minimum Gasteiger partial charge on any atom is -0.444 e. The molecule has 1 aromatic rings. The van der Waals surface area contributed by atoms with Crippen molar-refractivity contribution in [1.29, 1.82) is 0 Å². The van der Waals surface area contributed by atoms with Crippen molar-refractivity contribution in [1.82, 2.24) is 19.7 Å². The quantitative estimate of drug-likeness (QED) is 0.852. The van der Waals surface area contributed by atoms with Gasteiger partial charge in [0.2, 0.25) is 0 Å². The number of hydrogen-bond donors (Lipinski definition) is 0. The van der Waals surface area contributed by atoms with Crippen LogP contribution in [-0.4, -0.2) is 50.0 Å². The van der Waals surface area contributed by atoms with E-state index in [0.717, 1.165) is 12.2 Å². The largest absolute Gasteiger partial charge is 0.444 e. The molecule has 1 aromatic heterocycles. The molecule has 0 N–H and O–H groups in total. The van der Waals surface area contributed by atoms with Gasteiger partial charge < -0.3 is 14.4 Å². The van der Waals surface area contributed by atoms with Gasteiger partial charge >= 0.3 is 6.09 Å². The molecular formula is C16H28N4O3. The van der Waals surface area contributed by atoms with Gasteiger partial charge in [0.1, 0.15) is 18.5 Å². The predicted molar refractivity (Wildman–Crippen MR) is 86.0 cm³/mol. The number of amides is 1. The molecule has 1 atom stereocenters. The van der Waals surface area contributed by atoms with Gasteiger partial charge in [-0.25, -0.2) is 14.5 Å². The summed E-state index contributed by atoms with van der Waals surface area (Å²) >= 11 is 0. The van der Waals surface area contributed by atoms with Crippen LogP contribution < -0.4 is 0 Å². The average Bonchev–Trinajstić information content (AvgIpc) is 3.01. The molecule has 1 amide bonds. The zero-order chi connectivity index (χ0) is 17.3. The number of aromatic nitrogens is 3. The van der Waals surface area contributed by atoms with E-state index < -0.39 is 5.60 Å². The summed E-state index contributed by atoms with van der Waals surface area (Å²) in [6.07, 6.45) is 2.04. The second kappa shape index (κ2) is 6.47. The zero-order valence-corrected chi connectivity index (χ0v) is 15.0. The maximum Gasteiger partial charge on any atom is 0.410 e. The first kappa shape index (κ1) is 17.7. The fraction of sp³-hybridized carbons (Fsp3) is 0.812. The van der Waals surface area contributed by atoms with Gasteiger partial charge in [-0.2, -0.15) is 5.10 Å². The lowest BCUT2D eigenvalue weighted by Gasteiger charge is -2.27. The maximum atomic E-state index is 12.1. The van der Waals surface area contributed by atoms with Crippen molar-refractivity contribution in [2.24, 2.45) is 0 Å². The van der Waals surface area contributed by atoms with Crippen molar-refractivity contribution in [2.45, 2.75) is 71.8 Å². The number of carbonyl (C=O) groups is 1. The summed E-state index contributed by atoms with van der Waals surface area (Å²) in [5.41, 5.74) is -0.866. The molecule has 2 heterocycles. The van der Waals surface area contributed by atoms with Gasteiger partial charge in [-0.15, -0.1) is 0 Å². The molecule has 1 unspecified atom stereocenters. The topological polar surface area (TPSA) is 69.5 Å². The Balaban J connectivity index is 1.91. The van der Waals surface area contributed by atoms with Crippen LogP contribution in [0.1, 0.15) is 59.8 Å². The van der Waals surface area contributed by atoms with E-state index in [9.17, 15) is 4.79 Å². The van der Waals surface area contributed by atoms with Crippen molar-refractivity contribution >= 4 is 6.09 Å². The van der Waals surface area contributed by atoms with Crippen LogP contribution in [0.3, 0.4) is 0 Å². The minimum absolute atomic E-state index is 0.241. The van der Waals surface area contributed by atoms with Crippen molar-refractivity contribution in [3.63, 3.8) is 0 Å². The molecule has 0 saturated carbocycles. The number of rotatable bonds is 4. The lowest BCUT2D eigenvalue weighted by atomic mass is 10.1. The van der Waals surface area contributed by atoms with E-state index in [1.807, 2.05) is 32.4 Å². The molecule has 0 aliphatic carbocycles. The summed E-state index contributed by atoms with van der Waals surface area (Å²) in [5, 5.41) is 4.21. The Kier molecular flexibility index (Phi) is 4.98. The number of hydrogen-bond acceptors (Lipinski definition) is 5. The Morgan fingerprint density at radius 3 is 2.74 bits per heavy atom. The third-order valence-electron chi connectivity index (χ3n) is 3.77. The second-order valence-electron chi connectivity index (χ2n) is 7.61. The van der Waals surface area contributed by atoms with Crippen molar-refractivity contribution in [3.05, 3.63) is 12.2 Å². The van der Waals surface area contributed by atoms with E-state index in [0.29, 0.717) is 19.7 Å². The fourth-order valence-electron chi connectivity index (χ4n) is 2.58.